The van der Waals surface area contributed by atoms with Crippen molar-refractivity contribution in [2.24, 2.45) is 0 Å². The molecular weight excluding hydrogens is 423 g/mol. The fourth-order valence-electron chi connectivity index (χ4n) is 3.05. The Bertz CT molecular complexity index is 1050. The number of nitrogens with one attached hydrogen (secondary N) is 1. The Hall–Kier alpha value is -2.83. The minimum atomic E-state index is -0.347. The molecule has 0 atom stereocenters. The zero-order chi connectivity index (χ0) is 21.7. The summed E-state index contributed by atoms with van der Waals surface area (Å²) in [6.07, 6.45) is 0.707. The monoisotopic (exact) mass is 444 g/mol. The molecular formula is C22H22Cl2N4O2. The van der Waals surface area contributed by atoms with Crippen molar-refractivity contribution in [3.8, 4) is 5.69 Å². The molecule has 0 aliphatic carbocycles. The van der Waals surface area contributed by atoms with Crippen LogP contribution in [0.3, 0.4) is 0 Å². The topological polar surface area (TPSA) is 67.2 Å². The third kappa shape index (κ3) is 5.20. The SMILES string of the molecule is CCCN(CC(=O)Nc1ccc(Cl)cc1Cl)C(=O)c1cc(C)n(-c2ccccc2)n1. The predicted molar refractivity (Wildman–Crippen MR) is 120 cm³/mol. The highest BCUT2D eigenvalue weighted by Gasteiger charge is 2.22. The number of nitrogens with zero attached hydrogens (tertiary/aromatic N) is 3. The summed E-state index contributed by atoms with van der Waals surface area (Å²) >= 11 is 12.0. The molecule has 156 valence electrons. The van der Waals surface area contributed by atoms with Gasteiger partial charge in [-0.3, -0.25) is 9.59 Å². The summed E-state index contributed by atoms with van der Waals surface area (Å²) in [5.41, 5.74) is 2.44. The summed E-state index contributed by atoms with van der Waals surface area (Å²) in [7, 11) is 0. The van der Waals surface area contributed by atoms with E-state index in [-0.39, 0.29) is 18.4 Å². The number of carbonyl (C=O) groups excluding carboxylic acids is 2. The number of hydrogen-bond donors (Lipinski definition) is 1. The molecule has 1 aromatic heterocycles. The summed E-state index contributed by atoms with van der Waals surface area (Å²) in [5.74, 6) is -0.646. The molecule has 0 aliphatic rings. The van der Waals surface area contributed by atoms with Crippen molar-refractivity contribution in [3.05, 3.63) is 76.0 Å². The van der Waals surface area contributed by atoms with E-state index in [9.17, 15) is 9.59 Å². The lowest BCUT2D eigenvalue weighted by atomic mass is 10.3. The number of halogens is 2. The summed E-state index contributed by atoms with van der Waals surface area (Å²) in [5, 5.41) is 7.99. The van der Waals surface area contributed by atoms with E-state index < -0.39 is 0 Å². The first kappa shape index (κ1) is 21.9. The van der Waals surface area contributed by atoms with Crippen molar-refractivity contribution < 1.29 is 9.59 Å². The number of amides is 2. The van der Waals surface area contributed by atoms with Gasteiger partial charge in [-0.15, -0.1) is 0 Å². The van der Waals surface area contributed by atoms with Crippen LogP contribution in [0.5, 0.6) is 0 Å². The zero-order valence-electron chi connectivity index (χ0n) is 16.7. The summed E-state index contributed by atoms with van der Waals surface area (Å²) in [4.78, 5) is 27.1. The van der Waals surface area contributed by atoms with Gasteiger partial charge >= 0.3 is 0 Å². The molecule has 0 aliphatic heterocycles. The van der Waals surface area contributed by atoms with E-state index in [2.05, 4.69) is 10.4 Å². The minimum Gasteiger partial charge on any atom is -0.328 e. The lowest BCUT2D eigenvalue weighted by Crippen LogP contribution is -2.38. The van der Waals surface area contributed by atoms with Gasteiger partial charge in [0.25, 0.3) is 5.91 Å². The molecule has 3 rings (SSSR count). The number of rotatable bonds is 7. The van der Waals surface area contributed by atoms with Gasteiger partial charge < -0.3 is 10.2 Å². The maximum Gasteiger partial charge on any atom is 0.274 e. The second-order valence-corrected chi connectivity index (χ2v) is 7.66. The lowest BCUT2D eigenvalue weighted by molar-refractivity contribution is -0.116. The lowest BCUT2D eigenvalue weighted by Gasteiger charge is -2.20. The first-order chi connectivity index (χ1) is 14.4. The first-order valence-electron chi connectivity index (χ1n) is 9.55. The van der Waals surface area contributed by atoms with Crippen LogP contribution in [0.2, 0.25) is 10.0 Å². The maximum atomic E-state index is 13.1. The number of hydrogen-bond acceptors (Lipinski definition) is 3. The van der Waals surface area contributed by atoms with E-state index in [0.717, 1.165) is 11.4 Å². The van der Waals surface area contributed by atoms with Crippen LogP contribution >= 0.6 is 23.2 Å². The molecule has 2 amide bonds. The van der Waals surface area contributed by atoms with Crippen molar-refractivity contribution in [2.75, 3.05) is 18.4 Å². The average Bonchev–Trinajstić information content (AvgIpc) is 3.11. The smallest absolute Gasteiger partial charge is 0.274 e. The van der Waals surface area contributed by atoms with Gasteiger partial charge in [-0.1, -0.05) is 48.3 Å². The van der Waals surface area contributed by atoms with Crippen LogP contribution in [0.4, 0.5) is 5.69 Å². The summed E-state index contributed by atoms with van der Waals surface area (Å²) in [6, 6.07) is 16.1. The molecule has 0 saturated heterocycles. The number of carbonyl (C=O) groups is 2. The number of anilines is 1. The Labute approximate surface area is 185 Å². The number of aryl methyl sites for hydroxylation is 1. The maximum absolute atomic E-state index is 13.1. The summed E-state index contributed by atoms with van der Waals surface area (Å²) in [6.45, 7) is 4.15. The van der Waals surface area contributed by atoms with Gasteiger partial charge in [0.1, 0.15) is 6.54 Å². The van der Waals surface area contributed by atoms with Gasteiger partial charge in [0, 0.05) is 17.3 Å². The molecule has 1 N–H and O–H groups in total. The molecule has 1 heterocycles. The van der Waals surface area contributed by atoms with Gasteiger partial charge in [-0.25, -0.2) is 4.68 Å². The minimum absolute atomic E-state index is 0.108. The Morgan fingerprint density at radius 2 is 1.83 bits per heavy atom. The van der Waals surface area contributed by atoms with Gasteiger partial charge in [0.15, 0.2) is 5.69 Å². The third-order valence-electron chi connectivity index (χ3n) is 4.43. The molecule has 8 heteroatoms. The molecule has 3 aromatic rings. The van der Waals surface area contributed by atoms with E-state index in [1.54, 1.807) is 28.9 Å². The van der Waals surface area contributed by atoms with Crippen molar-refractivity contribution in [3.63, 3.8) is 0 Å². The largest absolute Gasteiger partial charge is 0.328 e. The van der Waals surface area contributed by atoms with Crippen LogP contribution in [0.1, 0.15) is 29.5 Å². The average molecular weight is 445 g/mol. The zero-order valence-corrected chi connectivity index (χ0v) is 18.2. The standard InChI is InChI=1S/C22H22Cl2N4O2/c1-3-11-27(14-21(29)25-19-10-9-16(23)13-18(19)24)22(30)20-12-15(2)28(26-20)17-7-5-4-6-8-17/h4-10,12-13H,3,11,14H2,1-2H3,(H,25,29). The Balaban J connectivity index is 1.75. The molecule has 0 unspecified atom stereocenters. The molecule has 0 spiro atoms. The molecule has 0 radical (unpaired) electrons. The van der Waals surface area contributed by atoms with Crippen LogP contribution in [0.15, 0.2) is 54.6 Å². The van der Waals surface area contributed by atoms with Crippen LogP contribution in [-0.4, -0.2) is 39.6 Å². The van der Waals surface area contributed by atoms with Crippen molar-refractivity contribution in [1.29, 1.82) is 0 Å². The molecule has 2 aromatic carbocycles. The van der Waals surface area contributed by atoms with Crippen LogP contribution in [0.25, 0.3) is 5.69 Å². The highest BCUT2D eigenvalue weighted by Crippen LogP contribution is 2.25. The van der Waals surface area contributed by atoms with Gasteiger partial charge in [0.05, 0.1) is 16.4 Å². The first-order valence-corrected chi connectivity index (χ1v) is 10.3. The second-order valence-electron chi connectivity index (χ2n) is 6.82. The van der Waals surface area contributed by atoms with Crippen molar-refractivity contribution >= 4 is 40.7 Å². The van der Waals surface area contributed by atoms with Gasteiger partial charge in [-0.2, -0.15) is 5.10 Å². The highest BCUT2D eigenvalue weighted by molar-refractivity contribution is 6.36. The Morgan fingerprint density at radius 3 is 2.50 bits per heavy atom. The normalized spacial score (nSPS) is 10.7. The van der Waals surface area contributed by atoms with E-state index >= 15 is 0 Å². The fraction of sp³-hybridized carbons (Fsp3) is 0.227. The number of aromatic nitrogens is 2. The molecule has 0 bridgehead atoms. The van der Waals surface area contributed by atoms with Gasteiger partial charge in [-0.05, 0) is 49.7 Å². The second kappa shape index (κ2) is 9.78. The Morgan fingerprint density at radius 1 is 1.10 bits per heavy atom. The third-order valence-corrected chi connectivity index (χ3v) is 4.98. The Kier molecular flexibility index (Phi) is 7.13. The molecule has 6 nitrogen and oxygen atoms in total. The number of benzene rings is 2. The van der Waals surface area contributed by atoms with E-state index in [1.807, 2.05) is 44.2 Å². The summed E-state index contributed by atoms with van der Waals surface area (Å²) < 4.78 is 1.71. The molecule has 0 saturated carbocycles. The fourth-order valence-corrected chi connectivity index (χ4v) is 3.50. The molecule has 0 fully saturated rings. The van der Waals surface area contributed by atoms with E-state index in [1.165, 1.54) is 4.90 Å². The van der Waals surface area contributed by atoms with Crippen LogP contribution in [-0.2, 0) is 4.79 Å². The van der Waals surface area contributed by atoms with Crippen molar-refractivity contribution in [2.45, 2.75) is 20.3 Å². The van der Waals surface area contributed by atoms with E-state index in [4.69, 9.17) is 23.2 Å². The van der Waals surface area contributed by atoms with Crippen LogP contribution < -0.4 is 5.32 Å². The van der Waals surface area contributed by atoms with Crippen molar-refractivity contribution in [1.82, 2.24) is 14.7 Å². The van der Waals surface area contributed by atoms with Gasteiger partial charge in [0.2, 0.25) is 5.91 Å². The van der Waals surface area contributed by atoms with E-state index in [0.29, 0.717) is 34.4 Å². The number of para-hydroxylation sites is 1. The quantitative estimate of drug-likeness (QED) is 0.558. The highest BCUT2D eigenvalue weighted by atomic mass is 35.5. The molecule has 30 heavy (non-hydrogen) atoms. The van der Waals surface area contributed by atoms with Crippen LogP contribution in [0, 0.1) is 6.92 Å². The predicted octanol–water partition coefficient (Wildman–Crippen LogP) is 4.98.